The van der Waals surface area contributed by atoms with E-state index in [1.807, 2.05) is 13.8 Å². The Morgan fingerprint density at radius 1 is 1.06 bits per heavy atom. The molecule has 17 heavy (non-hydrogen) atoms. The van der Waals surface area contributed by atoms with Gasteiger partial charge < -0.3 is 10.6 Å². The molecular weight excluding hydrogens is 240 g/mol. The van der Waals surface area contributed by atoms with Crippen LogP contribution in [0, 0.1) is 5.92 Å². The number of hydrogen-bond donors (Lipinski definition) is 2. The van der Waals surface area contributed by atoms with Crippen LogP contribution in [0.25, 0.3) is 0 Å². The molecule has 0 heterocycles. The average Bonchev–Trinajstić information content (AvgIpc) is 2.27. The number of unbranched alkanes of at least 4 members (excludes halogenated alkanes) is 1. The van der Waals surface area contributed by atoms with Crippen LogP contribution in [-0.4, -0.2) is 30.8 Å². The summed E-state index contributed by atoms with van der Waals surface area (Å²) >= 11 is 5.51. The maximum Gasteiger partial charge on any atom is 0.221 e. The molecule has 0 rings (SSSR count). The molecule has 0 aliphatic carbocycles. The molecule has 0 atom stereocenters. The van der Waals surface area contributed by atoms with Gasteiger partial charge >= 0.3 is 0 Å². The van der Waals surface area contributed by atoms with Gasteiger partial charge in [-0.25, -0.2) is 0 Å². The lowest BCUT2D eigenvalue weighted by molar-refractivity contribution is -0.122. The van der Waals surface area contributed by atoms with Crippen molar-refractivity contribution in [2.24, 2.45) is 5.92 Å². The first-order chi connectivity index (χ1) is 8.06. The van der Waals surface area contributed by atoms with Crippen molar-refractivity contribution in [2.45, 2.75) is 39.5 Å². The number of rotatable bonds is 9. The molecule has 0 saturated carbocycles. The fourth-order valence-corrected chi connectivity index (χ4v) is 1.38. The molecule has 0 bridgehead atoms. The van der Waals surface area contributed by atoms with Gasteiger partial charge in [-0.2, -0.15) is 0 Å². The van der Waals surface area contributed by atoms with Crippen molar-refractivity contribution >= 4 is 23.4 Å². The predicted molar refractivity (Wildman–Crippen MR) is 70.0 cm³/mol. The number of alkyl halides is 1. The Morgan fingerprint density at radius 3 is 2.29 bits per heavy atom. The lowest BCUT2D eigenvalue weighted by Gasteiger charge is -2.08. The van der Waals surface area contributed by atoms with Gasteiger partial charge in [-0.05, 0) is 18.8 Å². The molecule has 0 spiro atoms. The van der Waals surface area contributed by atoms with Gasteiger partial charge in [0.2, 0.25) is 11.8 Å². The van der Waals surface area contributed by atoms with E-state index in [-0.39, 0.29) is 11.8 Å². The highest BCUT2D eigenvalue weighted by atomic mass is 35.5. The van der Waals surface area contributed by atoms with Crippen molar-refractivity contribution in [1.82, 2.24) is 10.6 Å². The highest BCUT2D eigenvalue weighted by molar-refractivity contribution is 6.17. The molecule has 0 aromatic heterocycles. The van der Waals surface area contributed by atoms with E-state index in [9.17, 15) is 9.59 Å². The second-order valence-corrected chi connectivity index (χ2v) is 4.82. The number of carbonyl (C=O) groups is 2. The fourth-order valence-electron chi connectivity index (χ4n) is 1.19. The summed E-state index contributed by atoms with van der Waals surface area (Å²) in [5.74, 6) is 1.01. The fraction of sp³-hybridized carbons (Fsp3) is 0.833. The van der Waals surface area contributed by atoms with Crippen molar-refractivity contribution in [1.29, 1.82) is 0 Å². The maximum atomic E-state index is 11.3. The van der Waals surface area contributed by atoms with Crippen molar-refractivity contribution < 1.29 is 9.59 Å². The zero-order valence-corrected chi connectivity index (χ0v) is 11.5. The van der Waals surface area contributed by atoms with E-state index in [0.717, 1.165) is 12.8 Å². The van der Waals surface area contributed by atoms with Crippen molar-refractivity contribution in [3.63, 3.8) is 0 Å². The monoisotopic (exact) mass is 262 g/mol. The number of hydrogen-bond acceptors (Lipinski definition) is 2. The largest absolute Gasteiger partial charge is 0.356 e. The highest BCUT2D eigenvalue weighted by Crippen LogP contribution is 1.96. The summed E-state index contributed by atoms with van der Waals surface area (Å²) in [6.45, 7) is 5.17. The standard InChI is InChI=1S/C12H23ClN2O2/c1-10(2)9-15-12(17)6-8-14-11(16)5-3-4-7-13/h10H,3-9H2,1-2H3,(H,14,16)(H,15,17). The number of nitrogens with one attached hydrogen (secondary N) is 2. The summed E-state index contributed by atoms with van der Waals surface area (Å²) in [4.78, 5) is 22.6. The Bertz CT molecular complexity index is 233. The van der Waals surface area contributed by atoms with Gasteiger partial charge in [0.1, 0.15) is 0 Å². The number of halogens is 1. The SMILES string of the molecule is CC(C)CNC(=O)CCNC(=O)CCCCCl. The number of amides is 2. The zero-order chi connectivity index (χ0) is 13.1. The summed E-state index contributed by atoms with van der Waals surface area (Å²) in [6, 6.07) is 0. The molecule has 0 unspecified atom stereocenters. The third-order valence-electron chi connectivity index (χ3n) is 2.17. The molecule has 100 valence electrons. The van der Waals surface area contributed by atoms with Crippen LogP contribution in [0.5, 0.6) is 0 Å². The Morgan fingerprint density at radius 2 is 1.71 bits per heavy atom. The van der Waals surface area contributed by atoms with Crippen LogP contribution in [0.15, 0.2) is 0 Å². The van der Waals surface area contributed by atoms with Crippen LogP contribution in [0.4, 0.5) is 0 Å². The van der Waals surface area contributed by atoms with E-state index < -0.39 is 0 Å². The van der Waals surface area contributed by atoms with Crippen LogP contribution in [0.3, 0.4) is 0 Å². The predicted octanol–water partition coefficient (Wildman–Crippen LogP) is 1.67. The van der Waals surface area contributed by atoms with Gasteiger partial charge in [0.25, 0.3) is 0 Å². The van der Waals surface area contributed by atoms with Gasteiger partial charge in [-0.3, -0.25) is 9.59 Å². The average molecular weight is 263 g/mol. The number of carbonyl (C=O) groups excluding carboxylic acids is 2. The Hall–Kier alpha value is -0.770. The van der Waals surface area contributed by atoms with E-state index in [0.29, 0.717) is 37.7 Å². The minimum absolute atomic E-state index is 0.00761. The molecule has 2 amide bonds. The molecule has 0 aliphatic rings. The Labute approximate surface area is 108 Å². The van der Waals surface area contributed by atoms with Crippen molar-refractivity contribution in [3.8, 4) is 0 Å². The van der Waals surface area contributed by atoms with E-state index >= 15 is 0 Å². The first-order valence-electron chi connectivity index (χ1n) is 6.15. The first-order valence-corrected chi connectivity index (χ1v) is 6.69. The second kappa shape index (κ2) is 10.4. The van der Waals surface area contributed by atoms with E-state index in [2.05, 4.69) is 10.6 Å². The molecule has 0 radical (unpaired) electrons. The smallest absolute Gasteiger partial charge is 0.221 e. The summed E-state index contributed by atoms with van der Waals surface area (Å²) in [6.07, 6.45) is 2.48. The van der Waals surface area contributed by atoms with E-state index in [1.165, 1.54) is 0 Å². The summed E-state index contributed by atoms with van der Waals surface area (Å²) in [7, 11) is 0. The van der Waals surface area contributed by atoms with E-state index in [1.54, 1.807) is 0 Å². The normalized spacial score (nSPS) is 10.4. The first kappa shape index (κ1) is 16.2. The van der Waals surface area contributed by atoms with Gasteiger partial charge in [-0.15, -0.1) is 11.6 Å². The Kier molecular flexibility index (Phi) is 9.92. The van der Waals surface area contributed by atoms with Gasteiger partial charge in [0, 0.05) is 31.8 Å². The topological polar surface area (TPSA) is 58.2 Å². The third kappa shape index (κ3) is 11.5. The quantitative estimate of drug-likeness (QED) is 0.491. The Balaban J connectivity index is 3.42. The highest BCUT2D eigenvalue weighted by Gasteiger charge is 2.04. The van der Waals surface area contributed by atoms with Crippen LogP contribution < -0.4 is 10.6 Å². The van der Waals surface area contributed by atoms with Gasteiger partial charge in [0.15, 0.2) is 0 Å². The molecule has 0 fully saturated rings. The molecular formula is C12H23ClN2O2. The summed E-state index contributed by atoms with van der Waals surface area (Å²) < 4.78 is 0. The molecule has 0 saturated heterocycles. The lowest BCUT2D eigenvalue weighted by Crippen LogP contribution is -2.32. The van der Waals surface area contributed by atoms with Crippen molar-refractivity contribution in [2.75, 3.05) is 19.0 Å². The minimum Gasteiger partial charge on any atom is -0.356 e. The minimum atomic E-state index is -0.0141. The summed E-state index contributed by atoms with van der Waals surface area (Å²) in [5.41, 5.74) is 0. The molecule has 0 aromatic rings. The van der Waals surface area contributed by atoms with Gasteiger partial charge in [-0.1, -0.05) is 13.8 Å². The van der Waals surface area contributed by atoms with Crippen LogP contribution in [0.2, 0.25) is 0 Å². The van der Waals surface area contributed by atoms with Crippen LogP contribution in [0.1, 0.15) is 39.5 Å². The lowest BCUT2D eigenvalue weighted by atomic mass is 10.2. The zero-order valence-electron chi connectivity index (χ0n) is 10.7. The second-order valence-electron chi connectivity index (χ2n) is 4.44. The molecule has 0 aliphatic heterocycles. The van der Waals surface area contributed by atoms with Gasteiger partial charge in [0.05, 0.1) is 0 Å². The summed E-state index contributed by atoms with van der Waals surface area (Å²) in [5, 5.41) is 5.52. The maximum absolute atomic E-state index is 11.3. The van der Waals surface area contributed by atoms with E-state index in [4.69, 9.17) is 11.6 Å². The molecule has 0 aromatic carbocycles. The molecule has 2 N–H and O–H groups in total. The third-order valence-corrected chi connectivity index (χ3v) is 2.44. The van der Waals surface area contributed by atoms with Crippen molar-refractivity contribution in [3.05, 3.63) is 0 Å². The molecule has 5 heteroatoms. The van der Waals surface area contributed by atoms with Crippen LogP contribution >= 0.6 is 11.6 Å². The van der Waals surface area contributed by atoms with Crippen LogP contribution in [-0.2, 0) is 9.59 Å². The molecule has 4 nitrogen and oxygen atoms in total.